The van der Waals surface area contributed by atoms with Crippen molar-refractivity contribution in [3.8, 4) is 0 Å². The molecule has 2 aromatic carbocycles. The molecule has 1 heterocycles. The summed E-state index contributed by atoms with van der Waals surface area (Å²) in [6.07, 6.45) is 0.366. The predicted octanol–water partition coefficient (Wildman–Crippen LogP) is 1.95. The number of rotatable bonds is 7. The minimum absolute atomic E-state index is 0.368. The molecule has 0 saturated carbocycles. The third kappa shape index (κ3) is 4.09. The van der Waals surface area contributed by atoms with Crippen LogP contribution in [-0.2, 0) is 13.1 Å². The molecule has 138 valence electrons. The lowest BCUT2D eigenvalue weighted by Gasteiger charge is -2.13. The number of para-hydroxylation sites is 2. The summed E-state index contributed by atoms with van der Waals surface area (Å²) in [5, 5.41) is 19.3. The van der Waals surface area contributed by atoms with E-state index in [2.05, 4.69) is 36.1 Å². The zero-order chi connectivity index (χ0) is 18.7. The molecule has 0 aliphatic heterocycles. The first kappa shape index (κ1) is 18.9. The van der Waals surface area contributed by atoms with Gasteiger partial charge < -0.3 is 19.1 Å². The van der Waals surface area contributed by atoms with Gasteiger partial charge in [-0.15, -0.1) is 0 Å². The van der Waals surface area contributed by atoms with Gasteiger partial charge in [-0.25, -0.2) is 0 Å². The Labute approximate surface area is 162 Å². The summed E-state index contributed by atoms with van der Waals surface area (Å²) in [6.45, 7) is 2.24. The smallest absolute Gasteiger partial charge is 0.203 e. The Balaban J connectivity index is 1.91. The summed E-state index contributed by atoms with van der Waals surface area (Å²) in [4.78, 5) is 1.41. The average Bonchev–Trinajstić information content (AvgIpc) is 2.88. The van der Waals surface area contributed by atoms with Gasteiger partial charge in [0.05, 0.1) is 44.3 Å². The second-order valence-corrected chi connectivity index (χ2v) is 7.87. The number of halogens is 1. The van der Waals surface area contributed by atoms with E-state index in [0.29, 0.717) is 12.2 Å². The number of aliphatic hydroxyl groups is 1. The summed E-state index contributed by atoms with van der Waals surface area (Å²) in [7, 11) is 4.29. The van der Waals surface area contributed by atoms with Crippen molar-refractivity contribution in [1.29, 1.82) is 5.41 Å². The molecular weight excluding hydrogens is 392 g/mol. The number of nitrogens with zero attached hydrogens (tertiary/aromatic N) is 2. The zero-order valence-electron chi connectivity index (χ0n) is 15.2. The molecule has 0 bridgehead atoms. The van der Waals surface area contributed by atoms with Crippen molar-refractivity contribution in [3.05, 3.63) is 64.2 Å². The van der Waals surface area contributed by atoms with Crippen molar-refractivity contribution in [2.45, 2.75) is 25.6 Å². The number of benzene rings is 2. The first-order valence-corrected chi connectivity index (χ1v) is 9.72. The molecule has 0 unspecified atom stereocenters. The minimum Gasteiger partial charge on any atom is -0.387 e. The SMILES string of the molecule is C[NH+](C)CCCn1c(=N)n(C[C@H](O)c2ccc(Br)cc2)c2ccccc21. The standard InChI is InChI=1S/C20H25BrN4O/c1-23(2)12-5-13-24-17-6-3-4-7-18(17)25(20(24)22)14-19(26)15-8-10-16(21)11-9-15/h3-4,6-11,19,22,26H,5,12-14H2,1-2H3/p+1/t19-/m0/s1. The lowest BCUT2D eigenvalue weighted by atomic mass is 10.1. The monoisotopic (exact) mass is 417 g/mol. The van der Waals surface area contributed by atoms with E-state index in [4.69, 9.17) is 5.41 Å². The van der Waals surface area contributed by atoms with Gasteiger partial charge in [0.15, 0.2) is 0 Å². The highest BCUT2D eigenvalue weighted by Crippen LogP contribution is 2.20. The Morgan fingerprint density at radius 1 is 1.04 bits per heavy atom. The molecule has 6 heteroatoms. The van der Waals surface area contributed by atoms with Gasteiger partial charge >= 0.3 is 0 Å². The van der Waals surface area contributed by atoms with Gasteiger partial charge in [0.25, 0.3) is 0 Å². The van der Waals surface area contributed by atoms with Gasteiger partial charge in [0.1, 0.15) is 0 Å². The molecule has 3 aromatic rings. The number of fused-ring (bicyclic) bond motifs is 1. The maximum atomic E-state index is 10.7. The molecule has 0 saturated heterocycles. The van der Waals surface area contributed by atoms with Gasteiger partial charge in [0.2, 0.25) is 5.62 Å². The molecule has 0 spiro atoms. The maximum absolute atomic E-state index is 10.7. The van der Waals surface area contributed by atoms with E-state index >= 15 is 0 Å². The van der Waals surface area contributed by atoms with Crippen molar-refractivity contribution < 1.29 is 10.0 Å². The van der Waals surface area contributed by atoms with Crippen LogP contribution in [0.5, 0.6) is 0 Å². The van der Waals surface area contributed by atoms with Crippen LogP contribution in [0.2, 0.25) is 0 Å². The van der Waals surface area contributed by atoms with Crippen LogP contribution in [0.4, 0.5) is 0 Å². The zero-order valence-corrected chi connectivity index (χ0v) is 16.8. The summed E-state index contributed by atoms with van der Waals surface area (Å²) in [5.41, 5.74) is 3.34. The largest absolute Gasteiger partial charge is 0.387 e. The molecule has 1 aromatic heterocycles. The second kappa shape index (κ2) is 8.20. The van der Waals surface area contributed by atoms with Gasteiger partial charge in [-0.3, -0.25) is 5.41 Å². The molecule has 3 rings (SSSR count). The Morgan fingerprint density at radius 2 is 1.65 bits per heavy atom. The van der Waals surface area contributed by atoms with Crippen molar-refractivity contribution >= 4 is 27.0 Å². The number of nitrogens with one attached hydrogen (secondary N) is 2. The Kier molecular flexibility index (Phi) is 5.96. The highest BCUT2D eigenvalue weighted by molar-refractivity contribution is 9.10. The van der Waals surface area contributed by atoms with E-state index in [9.17, 15) is 5.11 Å². The summed E-state index contributed by atoms with van der Waals surface area (Å²) in [5.74, 6) is 0. The van der Waals surface area contributed by atoms with Gasteiger partial charge in [-0.1, -0.05) is 40.2 Å². The van der Waals surface area contributed by atoms with Gasteiger partial charge in [-0.2, -0.15) is 0 Å². The second-order valence-electron chi connectivity index (χ2n) is 6.95. The van der Waals surface area contributed by atoms with E-state index in [1.54, 1.807) is 0 Å². The normalized spacial score (nSPS) is 12.8. The predicted molar refractivity (Wildman–Crippen MR) is 107 cm³/mol. The van der Waals surface area contributed by atoms with Crippen molar-refractivity contribution in [2.75, 3.05) is 20.6 Å². The van der Waals surface area contributed by atoms with E-state index < -0.39 is 6.10 Å². The average molecular weight is 418 g/mol. The maximum Gasteiger partial charge on any atom is 0.203 e. The Hall–Kier alpha value is -1.89. The number of quaternary nitrogens is 1. The third-order valence-corrected chi connectivity index (χ3v) is 5.17. The fourth-order valence-corrected chi connectivity index (χ4v) is 3.52. The van der Waals surface area contributed by atoms with Crippen molar-refractivity contribution in [3.63, 3.8) is 0 Å². The molecule has 0 fully saturated rings. The Bertz CT molecular complexity index is 927. The fraction of sp³-hybridized carbons (Fsp3) is 0.350. The molecule has 26 heavy (non-hydrogen) atoms. The number of hydrogen-bond acceptors (Lipinski definition) is 2. The topological polar surface area (TPSA) is 58.4 Å². The van der Waals surface area contributed by atoms with Crippen LogP contribution in [0.1, 0.15) is 18.1 Å². The van der Waals surface area contributed by atoms with E-state index in [1.807, 2.05) is 51.6 Å². The molecule has 5 nitrogen and oxygen atoms in total. The first-order chi connectivity index (χ1) is 12.5. The lowest BCUT2D eigenvalue weighted by molar-refractivity contribution is -0.858. The van der Waals surface area contributed by atoms with Crippen LogP contribution >= 0.6 is 15.9 Å². The molecule has 3 N–H and O–H groups in total. The molecular formula is C20H26BrN4O+. The summed E-state index contributed by atoms with van der Waals surface area (Å²) in [6, 6.07) is 15.8. The van der Waals surface area contributed by atoms with Crippen LogP contribution in [-0.4, -0.2) is 34.9 Å². The van der Waals surface area contributed by atoms with Gasteiger partial charge in [0, 0.05) is 17.4 Å². The number of hydrogen-bond donors (Lipinski definition) is 3. The fourth-order valence-electron chi connectivity index (χ4n) is 3.26. The lowest BCUT2D eigenvalue weighted by Crippen LogP contribution is -3.05. The van der Waals surface area contributed by atoms with Crippen molar-refractivity contribution in [2.24, 2.45) is 0 Å². The number of imidazole rings is 1. The van der Waals surface area contributed by atoms with E-state index in [0.717, 1.165) is 40.6 Å². The number of aryl methyl sites for hydroxylation is 1. The van der Waals surface area contributed by atoms with Crippen LogP contribution < -0.4 is 10.5 Å². The van der Waals surface area contributed by atoms with Crippen LogP contribution in [0.15, 0.2) is 53.0 Å². The van der Waals surface area contributed by atoms with Crippen LogP contribution in [0.3, 0.4) is 0 Å². The highest BCUT2D eigenvalue weighted by Gasteiger charge is 2.15. The molecule has 0 radical (unpaired) electrons. The number of aliphatic hydroxyl groups excluding tert-OH is 1. The van der Waals surface area contributed by atoms with E-state index in [-0.39, 0.29) is 0 Å². The molecule has 0 aliphatic rings. The highest BCUT2D eigenvalue weighted by atomic mass is 79.9. The Morgan fingerprint density at radius 3 is 2.27 bits per heavy atom. The minimum atomic E-state index is -0.650. The van der Waals surface area contributed by atoms with Crippen LogP contribution in [0, 0.1) is 5.41 Å². The quantitative estimate of drug-likeness (QED) is 0.540. The van der Waals surface area contributed by atoms with Crippen LogP contribution in [0.25, 0.3) is 11.0 Å². The van der Waals surface area contributed by atoms with E-state index in [1.165, 1.54) is 4.90 Å². The van der Waals surface area contributed by atoms with Gasteiger partial charge in [-0.05, 0) is 29.8 Å². The summed E-state index contributed by atoms with van der Waals surface area (Å²) >= 11 is 3.42. The summed E-state index contributed by atoms with van der Waals surface area (Å²) < 4.78 is 4.94. The number of aromatic nitrogens is 2. The molecule has 0 aliphatic carbocycles. The third-order valence-electron chi connectivity index (χ3n) is 4.64. The van der Waals surface area contributed by atoms with Crippen molar-refractivity contribution in [1.82, 2.24) is 9.13 Å². The first-order valence-electron chi connectivity index (χ1n) is 8.92. The molecule has 0 amide bonds. The molecule has 1 atom stereocenters.